The van der Waals surface area contributed by atoms with Gasteiger partial charge in [-0.05, 0) is 12.8 Å². The van der Waals surface area contributed by atoms with Crippen molar-refractivity contribution in [3.63, 3.8) is 0 Å². The maximum Gasteiger partial charge on any atom is 0.308 e. The lowest BCUT2D eigenvalue weighted by molar-refractivity contribution is -0.394. The number of aliphatic carboxylic acids is 1. The average molecular weight is 309 g/mol. The summed E-state index contributed by atoms with van der Waals surface area (Å²) in [6.07, 6.45) is 0.898. The zero-order valence-corrected chi connectivity index (χ0v) is 11.1. The Morgan fingerprint density at radius 1 is 1.09 bits per heavy atom. The van der Waals surface area contributed by atoms with E-state index in [-0.39, 0.29) is 5.56 Å². The summed E-state index contributed by atoms with van der Waals surface area (Å²) in [6, 6.07) is 2.00. The fourth-order valence-electron chi connectivity index (χ4n) is 2.16. The summed E-state index contributed by atoms with van der Waals surface area (Å²) in [5, 5.41) is 32.8. The molecule has 0 heterocycles. The third-order valence-corrected chi connectivity index (χ3v) is 3.49. The van der Waals surface area contributed by atoms with E-state index in [0.717, 1.165) is 18.2 Å². The van der Waals surface area contributed by atoms with Gasteiger partial charge in [0.15, 0.2) is 0 Å². The van der Waals surface area contributed by atoms with Crippen molar-refractivity contribution < 1.29 is 24.5 Å². The van der Waals surface area contributed by atoms with E-state index in [9.17, 15) is 29.8 Å². The molecule has 2 rings (SSSR count). The van der Waals surface area contributed by atoms with Gasteiger partial charge in [0.2, 0.25) is 0 Å². The molecule has 1 saturated carbocycles. The maximum atomic E-state index is 12.0. The topological polar surface area (TPSA) is 153 Å². The van der Waals surface area contributed by atoms with Crippen LogP contribution in [0.3, 0.4) is 0 Å². The second-order valence-electron chi connectivity index (χ2n) is 4.85. The predicted molar refractivity (Wildman–Crippen MR) is 71.4 cm³/mol. The van der Waals surface area contributed by atoms with Gasteiger partial charge >= 0.3 is 5.97 Å². The smallest absolute Gasteiger partial charge is 0.308 e. The van der Waals surface area contributed by atoms with Crippen LogP contribution < -0.4 is 5.32 Å². The Hall–Kier alpha value is -3.04. The molecule has 2 atom stereocenters. The van der Waals surface area contributed by atoms with Crippen LogP contribution in [0.2, 0.25) is 0 Å². The van der Waals surface area contributed by atoms with E-state index in [2.05, 4.69) is 5.32 Å². The van der Waals surface area contributed by atoms with Gasteiger partial charge in [0, 0.05) is 18.2 Å². The quantitative estimate of drug-likeness (QED) is 0.609. The number of rotatable bonds is 5. The molecule has 1 aromatic rings. The molecule has 116 valence electrons. The van der Waals surface area contributed by atoms with Crippen molar-refractivity contribution in [1.82, 2.24) is 5.32 Å². The predicted octanol–water partition coefficient (Wildman–Crippen LogP) is 1.10. The van der Waals surface area contributed by atoms with Crippen LogP contribution >= 0.6 is 0 Å². The van der Waals surface area contributed by atoms with Crippen LogP contribution in [-0.2, 0) is 4.79 Å². The minimum atomic E-state index is -1.04. The number of hydrogen-bond donors (Lipinski definition) is 2. The van der Waals surface area contributed by atoms with Crippen molar-refractivity contribution in [1.29, 1.82) is 0 Å². The van der Waals surface area contributed by atoms with Crippen LogP contribution in [0.4, 0.5) is 11.4 Å². The number of nitrogens with one attached hydrogen (secondary N) is 1. The summed E-state index contributed by atoms with van der Waals surface area (Å²) in [4.78, 5) is 42.7. The molecule has 1 fully saturated rings. The average Bonchev–Trinajstić information content (AvgIpc) is 2.41. The van der Waals surface area contributed by atoms with Gasteiger partial charge in [0.1, 0.15) is 0 Å². The molecule has 1 aliphatic rings. The van der Waals surface area contributed by atoms with E-state index in [4.69, 9.17) is 5.11 Å². The number of hydrogen-bond acceptors (Lipinski definition) is 6. The summed E-state index contributed by atoms with van der Waals surface area (Å²) in [7, 11) is 0. The third-order valence-electron chi connectivity index (χ3n) is 3.49. The van der Waals surface area contributed by atoms with Gasteiger partial charge in [-0.25, -0.2) is 0 Å². The SMILES string of the molecule is O=C(N[C@H]1CC[C@H]1C(=O)O)c1cc([N+](=O)[O-])cc([N+](=O)[O-])c1. The first kappa shape index (κ1) is 15.4. The first-order chi connectivity index (χ1) is 10.3. The van der Waals surface area contributed by atoms with E-state index < -0.39 is 45.1 Å². The molecular formula is C12H11N3O7. The molecular weight excluding hydrogens is 298 g/mol. The molecule has 0 unspecified atom stereocenters. The molecule has 0 aromatic heterocycles. The molecule has 10 heteroatoms. The maximum absolute atomic E-state index is 12.0. The molecule has 0 radical (unpaired) electrons. The van der Waals surface area contributed by atoms with Crippen LogP contribution in [0.25, 0.3) is 0 Å². The summed E-state index contributed by atoms with van der Waals surface area (Å²) in [5.41, 5.74) is -1.41. The molecule has 2 N–H and O–H groups in total. The Balaban J connectivity index is 2.23. The highest BCUT2D eigenvalue weighted by atomic mass is 16.6. The highest BCUT2D eigenvalue weighted by molar-refractivity contribution is 5.96. The Morgan fingerprint density at radius 3 is 2.00 bits per heavy atom. The fourth-order valence-corrected chi connectivity index (χ4v) is 2.16. The Kier molecular flexibility index (Phi) is 4.02. The lowest BCUT2D eigenvalue weighted by Crippen LogP contribution is -2.49. The largest absolute Gasteiger partial charge is 0.481 e. The van der Waals surface area contributed by atoms with Crippen molar-refractivity contribution in [3.8, 4) is 0 Å². The van der Waals surface area contributed by atoms with Crippen LogP contribution in [0.5, 0.6) is 0 Å². The molecule has 1 aromatic carbocycles. The second-order valence-corrected chi connectivity index (χ2v) is 4.85. The van der Waals surface area contributed by atoms with Crippen LogP contribution in [0.15, 0.2) is 18.2 Å². The molecule has 0 saturated heterocycles. The normalized spacial score (nSPS) is 19.8. The number of nitro groups is 2. The number of non-ortho nitro benzene ring substituents is 2. The zero-order valence-electron chi connectivity index (χ0n) is 11.1. The van der Waals surface area contributed by atoms with Crippen molar-refractivity contribution in [2.24, 2.45) is 5.92 Å². The van der Waals surface area contributed by atoms with Gasteiger partial charge in [0.25, 0.3) is 17.3 Å². The molecule has 22 heavy (non-hydrogen) atoms. The van der Waals surface area contributed by atoms with E-state index >= 15 is 0 Å². The monoisotopic (exact) mass is 309 g/mol. The van der Waals surface area contributed by atoms with E-state index in [1.54, 1.807) is 0 Å². The summed E-state index contributed by atoms with van der Waals surface area (Å²) in [5.74, 6) is -2.53. The lowest BCUT2D eigenvalue weighted by atomic mass is 9.79. The zero-order chi connectivity index (χ0) is 16.4. The van der Waals surface area contributed by atoms with Crippen molar-refractivity contribution in [2.45, 2.75) is 18.9 Å². The van der Waals surface area contributed by atoms with Crippen molar-refractivity contribution in [2.75, 3.05) is 0 Å². The summed E-state index contributed by atoms with van der Waals surface area (Å²) >= 11 is 0. The highest BCUT2D eigenvalue weighted by Gasteiger charge is 2.37. The van der Waals surface area contributed by atoms with E-state index in [0.29, 0.717) is 12.8 Å². The van der Waals surface area contributed by atoms with Gasteiger partial charge in [0.05, 0.1) is 27.4 Å². The molecule has 1 amide bonds. The lowest BCUT2D eigenvalue weighted by Gasteiger charge is -2.33. The number of carbonyl (C=O) groups excluding carboxylic acids is 1. The van der Waals surface area contributed by atoms with Crippen LogP contribution in [0, 0.1) is 26.1 Å². The van der Waals surface area contributed by atoms with Gasteiger partial charge in [-0.2, -0.15) is 0 Å². The van der Waals surface area contributed by atoms with Gasteiger partial charge in [-0.15, -0.1) is 0 Å². The first-order valence-electron chi connectivity index (χ1n) is 6.27. The Bertz CT molecular complexity index is 640. The summed E-state index contributed by atoms with van der Waals surface area (Å²) < 4.78 is 0. The van der Waals surface area contributed by atoms with E-state index in [1.807, 2.05) is 0 Å². The van der Waals surface area contributed by atoms with Gasteiger partial charge < -0.3 is 10.4 Å². The van der Waals surface area contributed by atoms with Crippen LogP contribution in [-0.4, -0.2) is 32.9 Å². The number of nitrogens with zero attached hydrogens (tertiary/aromatic N) is 2. The third kappa shape index (κ3) is 3.00. The summed E-state index contributed by atoms with van der Waals surface area (Å²) in [6.45, 7) is 0. The Labute approximate surface area is 123 Å². The minimum absolute atomic E-state index is 0.253. The molecule has 0 bridgehead atoms. The molecule has 0 aliphatic heterocycles. The number of carboxylic acids is 1. The molecule has 10 nitrogen and oxygen atoms in total. The van der Waals surface area contributed by atoms with Gasteiger partial charge in [-0.3, -0.25) is 29.8 Å². The second kappa shape index (κ2) is 5.76. The number of benzene rings is 1. The number of nitro benzene ring substituents is 2. The van der Waals surface area contributed by atoms with Crippen molar-refractivity contribution in [3.05, 3.63) is 44.0 Å². The van der Waals surface area contributed by atoms with E-state index in [1.165, 1.54) is 0 Å². The number of carboxylic acid groups (broad SMARTS) is 1. The van der Waals surface area contributed by atoms with Crippen LogP contribution in [0.1, 0.15) is 23.2 Å². The molecule has 0 spiro atoms. The van der Waals surface area contributed by atoms with Gasteiger partial charge in [-0.1, -0.05) is 0 Å². The first-order valence-corrected chi connectivity index (χ1v) is 6.27. The Morgan fingerprint density at radius 2 is 1.64 bits per heavy atom. The minimum Gasteiger partial charge on any atom is -0.481 e. The van der Waals surface area contributed by atoms with Crippen molar-refractivity contribution >= 4 is 23.3 Å². The fraction of sp³-hybridized carbons (Fsp3) is 0.333. The standard InChI is InChI=1S/C12H11N3O7/c16-11(13-10-2-1-9(10)12(17)18)6-3-7(14(19)20)5-8(4-6)15(21)22/h3-5,9-10H,1-2H2,(H,13,16)(H,17,18)/t9-,10+/m1/s1. The number of amides is 1. The molecule has 1 aliphatic carbocycles. The highest BCUT2D eigenvalue weighted by Crippen LogP contribution is 2.28. The number of carbonyl (C=O) groups is 2.